The molecule has 0 saturated carbocycles. The fourth-order valence-electron chi connectivity index (χ4n) is 1.88. The molecule has 1 amide bonds. The summed E-state index contributed by atoms with van der Waals surface area (Å²) in [7, 11) is 1.83. The molecule has 0 spiro atoms. The Morgan fingerprint density at radius 2 is 2.24 bits per heavy atom. The molecule has 0 fully saturated rings. The fourth-order valence-corrected chi connectivity index (χ4v) is 1.88. The highest BCUT2D eigenvalue weighted by atomic mass is 16.5. The average Bonchev–Trinajstić information content (AvgIpc) is 2.66. The van der Waals surface area contributed by atoms with Gasteiger partial charge >= 0.3 is 0 Å². The van der Waals surface area contributed by atoms with E-state index in [-0.39, 0.29) is 5.91 Å². The van der Waals surface area contributed by atoms with Gasteiger partial charge in [0.25, 0.3) is 5.91 Å². The lowest BCUT2D eigenvalue weighted by atomic mass is 10.2. The normalized spacial score (nSPS) is 10.5. The third kappa shape index (κ3) is 1.97. The molecule has 0 saturated heterocycles. The second kappa shape index (κ2) is 4.47. The summed E-state index contributed by atoms with van der Waals surface area (Å²) < 4.78 is 7.21. The van der Waals surface area contributed by atoms with Crippen molar-refractivity contribution in [2.75, 3.05) is 6.61 Å². The molecular formula is C12H15N3O2. The number of hydrogen-bond donors (Lipinski definition) is 2. The Morgan fingerprint density at radius 3 is 2.88 bits per heavy atom. The first kappa shape index (κ1) is 11.5. The van der Waals surface area contributed by atoms with Gasteiger partial charge in [-0.2, -0.15) is 0 Å². The van der Waals surface area contributed by atoms with Crippen molar-refractivity contribution in [1.29, 1.82) is 0 Å². The van der Waals surface area contributed by atoms with Gasteiger partial charge in [0.05, 0.1) is 6.61 Å². The number of hydrazine groups is 1. The summed E-state index contributed by atoms with van der Waals surface area (Å²) in [6, 6.07) is 7.51. The molecule has 2 rings (SSSR count). The first-order valence-electron chi connectivity index (χ1n) is 5.40. The number of fused-ring (bicyclic) bond motifs is 1. The van der Waals surface area contributed by atoms with Crippen LogP contribution >= 0.6 is 0 Å². The van der Waals surface area contributed by atoms with Crippen molar-refractivity contribution in [2.24, 2.45) is 12.9 Å². The van der Waals surface area contributed by atoms with E-state index in [1.807, 2.05) is 32.2 Å². The first-order chi connectivity index (χ1) is 8.17. The lowest BCUT2D eigenvalue weighted by Gasteiger charge is -2.04. The predicted octanol–water partition coefficient (Wildman–Crippen LogP) is 1.18. The fraction of sp³-hybridized carbons (Fsp3) is 0.250. The zero-order valence-corrected chi connectivity index (χ0v) is 9.86. The zero-order valence-electron chi connectivity index (χ0n) is 9.86. The Hall–Kier alpha value is -2.01. The number of nitrogens with zero attached hydrogens (tertiary/aromatic N) is 1. The number of benzene rings is 1. The molecule has 2 aromatic rings. The lowest BCUT2D eigenvalue weighted by molar-refractivity contribution is 0.0946. The monoisotopic (exact) mass is 233 g/mol. The maximum atomic E-state index is 11.5. The third-order valence-electron chi connectivity index (χ3n) is 2.69. The van der Waals surface area contributed by atoms with Gasteiger partial charge in [0.1, 0.15) is 11.4 Å². The lowest BCUT2D eigenvalue weighted by Crippen LogP contribution is -2.31. The molecule has 0 aliphatic rings. The van der Waals surface area contributed by atoms with Crippen molar-refractivity contribution in [2.45, 2.75) is 6.92 Å². The van der Waals surface area contributed by atoms with Crippen molar-refractivity contribution in [3.8, 4) is 5.75 Å². The molecule has 3 N–H and O–H groups in total. The minimum absolute atomic E-state index is 0.304. The van der Waals surface area contributed by atoms with E-state index in [1.165, 1.54) is 0 Å². The van der Waals surface area contributed by atoms with Crippen molar-refractivity contribution in [3.05, 3.63) is 30.0 Å². The Labute approximate surface area is 99.1 Å². The quantitative estimate of drug-likeness (QED) is 0.475. The van der Waals surface area contributed by atoms with Crippen molar-refractivity contribution < 1.29 is 9.53 Å². The Morgan fingerprint density at radius 1 is 1.47 bits per heavy atom. The number of carbonyl (C=O) groups is 1. The van der Waals surface area contributed by atoms with Gasteiger partial charge in [0.2, 0.25) is 0 Å². The number of rotatable bonds is 3. The van der Waals surface area contributed by atoms with Crippen LogP contribution in [0.15, 0.2) is 24.3 Å². The van der Waals surface area contributed by atoms with E-state index in [4.69, 9.17) is 10.6 Å². The van der Waals surface area contributed by atoms with E-state index < -0.39 is 0 Å². The van der Waals surface area contributed by atoms with Gasteiger partial charge in [-0.15, -0.1) is 0 Å². The molecule has 1 aromatic carbocycles. The van der Waals surface area contributed by atoms with E-state index in [2.05, 4.69) is 5.43 Å². The average molecular weight is 233 g/mol. The van der Waals surface area contributed by atoms with Gasteiger partial charge in [-0.3, -0.25) is 10.2 Å². The summed E-state index contributed by atoms with van der Waals surface area (Å²) in [5.74, 6) is 5.63. The molecular weight excluding hydrogens is 218 g/mol. The van der Waals surface area contributed by atoms with Crippen LogP contribution in [-0.4, -0.2) is 17.1 Å². The van der Waals surface area contributed by atoms with Gasteiger partial charge in [0, 0.05) is 18.0 Å². The number of nitrogens with two attached hydrogens (primary N) is 1. The van der Waals surface area contributed by atoms with Gasteiger partial charge in [-0.1, -0.05) is 0 Å². The van der Waals surface area contributed by atoms with Crippen LogP contribution in [0.2, 0.25) is 0 Å². The van der Waals surface area contributed by atoms with Gasteiger partial charge < -0.3 is 9.30 Å². The Kier molecular flexibility index (Phi) is 3.01. The maximum Gasteiger partial charge on any atom is 0.281 e. The second-order valence-electron chi connectivity index (χ2n) is 3.72. The predicted molar refractivity (Wildman–Crippen MR) is 65.7 cm³/mol. The molecule has 0 aliphatic heterocycles. The van der Waals surface area contributed by atoms with E-state index in [1.54, 1.807) is 10.6 Å². The van der Waals surface area contributed by atoms with E-state index in [9.17, 15) is 4.79 Å². The molecule has 0 atom stereocenters. The Balaban J connectivity index is 2.53. The topological polar surface area (TPSA) is 69.3 Å². The van der Waals surface area contributed by atoms with E-state index >= 15 is 0 Å². The first-order valence-corrected chi connectivity index (χ1v) is 5.40. The molecule has 0 aliphatic carbocycles. The van der Waals surface area contributed by atoms with Crippen LogP contribution in [0, 0.1) is 0 Å². The van der Waals surface area contributed by atoms with Crippen molar-refractivity contribution >= 4 is 16.8 Å². The van der Waals surface area contributed by atoms with Crippen LogP contribution in [0.4, 0.5) is 0 Å². The minimum atomic E-state index is -0.304. The van der Waals surface area contributed by atoms with Crippen molar-refractivity contribution in [1.82, 2.24) is 9.99 Å². The van der Waals surface area contributed by atoms with Crippen LogP contribution in [0.25, 0.3) is 10.9 Å². The number of carbonyl (C=O) groups excluding carboxylic acids is 1. The SMILES string of the molecule is CCOc1ccc2c(c1)cc(C(=O)NN)n2C. The number of nitrogen functional groups attached to an aromatic ring is 1. The van der Waals surface area contributed by atoms with Gasteiger partial charge in [0.15, 0.2) is 0 Å². The molecule has 5 nitrogen and oxygen atoms in total. The molecule has 0 bridgehead atoms. The van der Waals surface area contributed by atoms with Crippen LogP contribution in [0.5, 0.6) is 5.75 Å². The number of ether oxygens (including phenoxy) is 1. The smallest absolute Gasteiger partial charge is 0.281 e. The van der Waals surface area contributed by atoms with Crippen LogP contribution in [0.3, 0.4) is 0 Å². The largest absolute Gasteiger partial charge is 0.494 e. The van der Waals surface area contributed by atoms with E-state index in [0.29, 0.717) is 12.3 Å². The summed E-state index contributed by atoms with van der Waals surface area (Å²) >= 11 is 0. The Bertz CT molecular complexity index is 560. The number of hydrogen-bond acceptors (Lipinski definition) is 3. The number of amides is 1. The number of nitrogens with one attached hydrogen (secondary N) is 1. The highest BCUT2D eigenvalue weighted by Gasteiger charge is 2.12. The molecule has 0 unspecified atom stereocenters. The van der Waals surface area contributed by atoms with Crippen LogP contribution in [-0.2, 0) is 7.05 Å². The highest BCUT2D eigenvalue weighted by molar-refractivity contribution is 5.98. The minimum Gasteiger partial charge on any atom is -0.494 e. The standard InChI is InChI=1S/C12H15N3O2/c1-3-17-9-4-5-10-8(6-9)7-11(15(10)2)12(16)14-13/h4-7H,3,13H2,1-2H3,(H,14,16). The second-order valence-corrected chi connectivity index (χ2v) is 3.72. The third-order valence-corrected chi connectivity index (χ3v) is 2.69. The van der Waals surface area contributed by atoms with Crippen LogP contribution in [0.1, 0.15) is 17.4 Å². The summed E-state index contributed by atoms with van der Waals surface area (Å²) in [6.45, 7) is 2.55. The summed E-state index contributed by atoms with van der Waals surface area (Å²) in [6.07, 6.45) is 0. The summed E-state index contributed by atoms with van der Waals surface area (Å²) in [5.41, 5.74) is 3.62. The van der Waals surface area contributed by atoms with E-state index in [0.717, 1.165) is 16.7 Å². The zero-order chi connectivity index (χ0) is 12.4. The molecule has 5 heteroatoms. The molecule has 1 aromatic heterocycles. The number of aromatic nitrogens is 1. The van der Waals surface area contributed by atoms with Crippen molar-refractivity contribution in [3.63, 3.8) is 0 Å². The molecule has 0 radical (unpaired) electrons. The molecule has 17 heavy (non-hydrogen) atoms. The van der Waals surface area contributed by atoms with Gasteiger partial charge in [-0.25, -0.2) is 5.84 Å². The maximum absolute atomic E-state index is 11.5. The molecule has 1 heterocycles. The summed E-state index contributed by atoms with van der Waals surface area (Å²) in [4.78, 5) is 11.5. The van der Waals surface area contributed by atoms with Gasteiger partial charge in [-0.05, 0) is 31.2 Å². The summed E-state index contributed by atoms with van der Waals surface area (Å²) in [5, 5.41) is 0.956. The highest BCUT2D eigenvalue weighted by Crippen LogP contribution is 2.23. The number of aryl methyl sites for hydroxylation is 1. The molecule has 90 valence electrons. The van der Waals surface area contributed by atoms with Crippen LogP contribution < -0.4 is 16.0 Å².